The summed E-state index contributed by atoms with van der Waals surface area (Å²) in [5.74, 6) is -4.20. The van der Waals surface area contributed by atoms with E-state index in [1.54, 1.807) is 27.7 Å². The molecule has 0 aromatic rings. The fourth-order valence-electron chi connectivity index (χ4n) is 8.09. The van der Waals surface area contributed by atoms with Crippen molar-refractivity contribution in [2.45, 2.75) is 90.3 Å². The van der Waals surface area contributed by atoms with Crippen LogP contribution in [-0.4, -0.2) is 65.6 Å². The number of hydrogen-bond donors (Lipinski definition) is 1. The number of allylic oxidation sites excluding steroid dienone is 4. The summed E-state index contributed by atoms with van der Waals surface area (Å²) in [7, 11) is 0. The van der Waals surface area contributed by atoms with Gasteiger partial charge in [0.1, 0.15) is 6.17 Å². The van der Waals surface area contributed by atoms with E-state index in [0.29, 0.717) is 6.42 Å². The van der Waals surface area contributed by atoms with Crippen molar-refractivity contribution in [2.24, 2.45) is 28.6 Å². The third-order valence-corrected chi connectivity index (χ3v) is 9.90. The fraction of sp³-hybridized carbons (Fsp3) is 0.724. The quantitative estimate of drug-likeness (QED) is 0.463. The first-order chi connectivity index (χ1) is 18.2. The molecule has 0 bridgehead atoms. The first-order valence-electron chi connectivity index (χ1n) is 13.7. The summed E-state index contributed by atoms with van der Waals surface area (Å²) in [4.78, 5) is 50.6. The number of aliphatic hydroxyl groups is 1. The summed E-state index contributed by atoms with van der Waals surface area (Å²) in [6.07, 6.45) is -0.635. The Bertz CT molecular complexity index is 1120. The van der Waals surface area contributed by atoms with Crippen molar-refractivity contribution in [1.82, 2.24) is 0 Å². The summed E-state index contributed by atoms with van der Waals surface area (Å²) < 4.78 is 49.3. The van der Waals surface area contributed by atoms with Crippen LogP contribution in [0.3, 0.4) is 0 Å². The molecule has 216 valence electrons. The first kappa shape index (κ1) is 29.4. The van der Waals surface area contributed by atoms with Gasteiger partial charge in [0.15, 0.2) is 23.7 Å². The number of alkyl halides is 2. The van der Waals surface area contributed by atoms with Crippen molar-refractivity contribution in [3.63, 3.8) is 0 Å². The number of esters is 1. The minimum Gasteiger partial charge on any atom is -0.457 e. The van der Waals surface area contributed by atoms with E-state index in [1.807, 2.05) is 0 Å². The number of hydrogen-bond acceptors (Lipinski definition) is 8. The van der Waals surface area contributed by atoms with Gasteiger partial charge >= 0.3 is 12.1 Å². The lowest BCUT2D eigenvalue weighted by Gasteiger charge is -2.63. The van der Waals surface area contributed by atoms with Crippen LogP contribution >= 0.6 is 0 Å². The summed E-state index contributed by atoms with van der Waals surface area (Å²) in [6.45, 7) is 7.56. The molecule has 0 aromatic carbocycles. The third-order valence-electron chi connectivity index (χ3n) is 9.90. The molecule has 0 unspecified atom stereocenters. The Morgan fingerprint density at radius 3 is 2.46 bits per heavy atom. The average Bonchev–Trinajstić information content (AvgIpc) is 3.10. The maximum atomic E-state index is 17.4. The molecule has 39 heavy (non-hydrogen) atoms. The molecule has 0 spiro atoms. The molecule has 8 nitrogen and oxygen atoms in total. The standard InChI is InChI=1S/C29H38F2O8/c1-6-10-37-25(36)39-29(23(34)15-38-24(35)7-2)16(3)11-18-19-13-21(30)20-12-17(32)8-9-26(20,4)28(19,31)22(33)14-27(18,29)5/h8-9,12,16,18-19,21-22,33H,6-7,10-11,13-15H2,1-5H3/t16-,18+,19+,21+,22+,26+,27+,28+,29+/m1/s1. The smallest absolute Gasteiger partial charge is 0.457 e. The van der Waals surface area contributed by atoms with Gasteiger partial charge in [-0.05, 0) is 56.3 Å². The maximum absolute atomic E-state index is 17.4. The van der Waals surface area contributed by atoms with Gasteiger partial charge in [-0.15, -0.1) is 0 Å². The van der Waals surface area contributed by atoms with Crippen LogP contribution in [0.5, 0.6) is 0 Å². The SMILES string of the molecule is CCCOC(=O)O[C@]1(C(=O)COC(=O)CC)[C@H](C)C[C@H]2[C@@H]3C[C@H](F)C4=CC(=O)C=C[C@]4(C)[C@@]3(F)[C@@H](O)C[C@@]21C. The number of ether oxygens (including phenoxy) is 3. The van der Waals surface area contributed by atoms with Crippen LogP contribution in [0.2, 0.25) is 0 Å². The summed E-state index contributed by atoms with van der Waals surface area (Å²) in [5.41, 5.74) is -7.19. The minimum absolute atomic E-state index is 0.00402. The molecule has 3 fully saturated rings. The van der Waals surface area contributed by atoms with E-state index in [2.05, 4.69) is 0 Å². The van der Waals surface area contributed by atoms with Crippen molar-refractivity contribution in [3.8, 4) is 0 Å². The van der Waals surface area contributed by atoms with Gasteiger partial charge in [0.25, 0.3) is 0 Å². The van der Waals surface area contributed by atoms with Crippen molar-refractivity contribution < 1.29 is 47.3 Å². The van der Waals surface area contributed by atoms with Crippen molar-refractivity contribution in [2.75, 3.05) is 13.2 Å². The molecule has 0 aliphatic heterocycles. The minimum atomic E-state index is -2.35. The van der Waals surface area contributed by atoms with Crippen LogP contribution in [0, 0.1) is 28.6 Å². The molecular formula is C29H38F2O8. The second-order valence-corrected chi connectivity index (χ2v) is 11.9. The van der Waals surface area contributed by atoms with Crippen LogP contribution < -0.4 is 0 Å². The highest BCUT2D eigenvalue weighted by atomic mass is 19.1. The molecular weight excluding hydrogens is 514 g/mol. The van der Waals surface area contributed by atoms with E-state index in [4.69, 9.17) is 14.2 Å². The number of ketones is 2. The summed E-state index contributed by atoms with van der Waals surface area (Å²) in [6, 6.07) is 0. The summed E-state index contributed by atoms with van der Waals surface area (Å²) in [5, 5.41) is 11.6. The van der Waals surface area contributed by atoms with E-state index >= 15 is 8.78 Å². The van der Waals surface area contributed by atoms with E-state index < -0.39 is 82.4 Å². The zero-order valence-electron chi connectivity index (χ0n) is 23.1. The molecule has 0 amide bonds. The van der Waals surface area contributed by atoms with Gasteiger partial charge in [-0.2, -0.15) is 0 Å². The Labute approximate surface area is 227 Å². The lowest BCUT2D eigenvalue weighted by atomic mass is 9.44. The number of carbonyl (C=O) groups excluding carboxylic acids is 4. The number of rotatable bonds is 7. The van der Waals surface area contributed by atoms with Crippen LogP contribution in [0.15, 0.2) is 23.8 Å². The number of halogens is 2. The molecule has 10 heteroatoms. The maximum Gasteiger partial charge on any atom is 0.509 e. The second kappa shape index (κ2) is 10.1. The molecule has 0 heterocycles. The van der Waals surface area contributed by atoms with E-state index in [9.17, 15) is 24.3 Å². The highest BCUT2D eigenvalue weighted by molar-refractivity contribution is 6.01. The van der Waals surface area contributed by atoms with Crippen molar-refractivity contribution >= 4 is 23.7 Å². The van der Waals surface area contributed by atoms with Gasteiger partial charge in [-0.25, -0.2) is 13.6 Å². The van der Waals surface area contributed by atoms with Crippen molar-refractivity contribution in [3.05, 3.63) is 23.8 Å². The lowest BCUT2D eigenvalue weighted by molar-refractivity contribution is -0.226. The van der Waals surface area contributed by atoms with Crippen LogP contribution in [0.25, 0.3) is 0 Å². The number of Topliss-reactive ketones (excluding diaryl/α,β-unsaturated/α-hetero) is 1. The zero-order chi connectivity index (χ0) is 29.0. The van der Waals surface area contributed by atoms with E-state index in [0.717, 1.165) is 6.08 Å². The van der Waals surface area contributed by atoms with Gasteiger partial charge in [-0.3, -0.25) is 14.4 Å². The highest BCUT2D eigenvalue weighted by Gasteiger charge is 2.78. The Morgan fingerprint density at radius 1 is 1.13 bits per heavy atom. The molecule has 4 rings (SSSR count). The number of aliphatic hydroxyl groups excluding tert-OH is 1. The monoisotopic (exact) mass is 552 g/mol. The van der Waals surface area contributed by atoms with Gasteiger partial charge in [0.05, 0.1) is 12.7 Å². The van der Waals surface area contributed by atoms with Gasteiger partial charge < -0.3 is 19.3 Å². The van der Waals surface area contributed by atoms with Crippen molar-refractivity contribution in [1.29, 1.82) is 0 Å². The molecule has 4 aliphatic carbocycles. The fourth-order valence-corrected chi connectivity index (χ4v) is 8.09. The van der Waals surface area contributed by atoms with Crippen LogP contribution in [0.4, 0.5) is 13.6 Å². The molecule has 1 N–H and O–H groups in total. The zero-order valence-corrected chi connectivity index (χ0v) is 23.1. The predicted molar refractivity (Wildman–Crippen MR) is 135 cm³/mol. The Balaban J connectivity index is 1.81. The molecule has 3 saturated carbocycles. The second-order valence-electron chi connectivity index (χ2n) is 11.9. The van der Waals surface area contributed by atoms with E-state index in [-0.39, 0.29) is 37.9 Å². The Morgan fingerprint density at radius 2 is 1.82 bits per heavy atom. The number of carbonyl (C=O) groups is 4. The van der Waals surface area contributed by atoms with Crippen LogP contribution in [0.1, 0.15) is 66.7 Å². The van der Waals surface area contributed by atoms with Gasteiger partial charge in [0.2, 0.25) is 5.78 Å². The van der Waals surface area contributed by atoms with E-state index in [1.165, 1.54) is 19.1 Å². The predicted octanol–water partition coefficient (Wildman–Crippen LogP) is 4.38. The topological polar surface area (TPSA) is 116 Å². The Kier molecular flexibility index (Phi) is 7.60. The highest BCUT2D eigenvalue weighted by Crippen LogP contribution is 2.71. The average molecular weight is 553 g/mol. The third kappa shape index (κ3) is 4.07. The lowest BCUT2D eigenvalue weighted by Crippen LogP contribution is -2.71. The largest absolute Gasteiger partial charge is 0.509 e. The Hall–Kier alpha value is -2.62. The molecule has 0 saturated heterocycles. The normalized spacial score (nSPS) is 42.5. The molecule has 4 aliphatic rings. The van der Waals surface area contributed by atoms with Crippen LogP contribution in [-0.2, 0) is 28.6 Å². The number of fused-ring (bicyclic) bond motifs is 5. The molecule has 0 aromatic heterocycles. The molecule has 0 radical (unpaired) electrons. The summed E-state index contributed by atoms with van der Waals surface area (Å²) >= 11 is 0. The van der Waals surface area contributed by atoms with Gasteiger partial charge in [-0.1, -0.05) is 33.8 Å². The molecule has 9 atom stereocenters. The van der Waals surface area contributed by atoms with Gasteiger partial charge in [0, 0.05) is 29.1 Å². The first-order valence-corrected chi connectivity index (χ1v) is 13.7.